The zero-order valence-electron chi connectivity index (χ0n) is 12.2. The summed E-state index contributed by atoms with van der Waals surface area (Å²) in [6, 6.07) is 17.8. The maximum Gasteiger partial charge on any atom is 0.153 e. The lowest BCUT2D eigenvalue weighted by atomic mass is 10.1. The molecule has 0 radical (unpaired) electrons. The molecule has 106 valence electrons. The van der Waals surface area contributed by atoms with E-state index in [0.29, 0.717) is 0 Å². The molecule has 0 unspecified atom stereocenters. The molecule has 21 heavy (non-hydrogen) atoms. The number of para-hydroxylation sites is 2. The fraction of sp³-hybridized carbons (Fsp3) is 0.167. The van der Waals surface area contributed by atoms with Gasteiger partial charge in [-0.1, -0.05) is 36.4 Å². The van der Waals surface area contributed by atoms with Gasteiger partial charge in [0.1, 0.15) is 11.3 Å². The molecule has 1 heterocycles. The van der Waals surface area contributed by atoms with Crippen molar-refractivity contribution in [3.8, 4) is 11.5 Å². The molecule has 3 rings (SSSR count). The van der Waals surface area contributed by atoms with Crippen LogP contribution in [0, 0.1) is 6.92 Å². The first-order valence-corrected chi connectivity index (χ1v) is 7.04. The zero-order valence-corrected chi connectivity index (χ0v) is 12.2. The molecule has 0 saturated carbocycles. The van der Waals surface area contributed by atoms with Crippen LogP contribution in [-0.4, -0.2) is 4.98 Å². The molecule has 0 spiro atoms. The van der Waals surface area contributed by atoms with Gasteiger partial charge in [0, 0.05) is 22.7 Å². The summed E-state index contributed by atoms with van der Waals surface area (Å²) < 4.78 is 6.10. The van der Waals surface area contributed by atoms with Crippen LogP contribution in [0.25, 0.3) is 10.9 Å². The van der Waals surface area contributed by atoms with Crippen LogP contribution in [0.15, 0.2) is 54.6 Å². The van der Waals surface area contributed by atoms with Gasteiger partial charge in [0.25, 0.3) is 0 Å². The molecule has 0 fully saturated rings. The Labute approximate surface area is 124 Å². The molecule has 0 aliphatic carbocycles. The van der Waals surface area contributed by atoms with Crippen LogP contribution in [0.3, 0.4) is 0 Å². The Morgan fingerprint density at radius 2 is 1.71 bits per heavy atom. The van der Waals surface area contributed by atoms with E-state index in [0.717, 1.165) is 33.7 Å². The lowest BCUT2D eigenvalue weighted by molar-refractivity contribution is 0.476. The van der Waals surface area contributed by atoms with E-state index >= 15 is 0 Å². The third-order valence-electron chi connectivity index (χ3n) is 3.45. The number of benzene rings is 2. The predicted octanol–water partition coefficient (Wildman–Crippen LogP) is 4.36. The summed E-state index contributed by atoms with van der Waals surface area (Å²) in [7, 11) is 0. The fourth-order valence-corrected chi connectivity index (χ4v) is 2.37. The lowest BCUT2D eigenvalue weighted by Gasteiger charge is -2.14. The highest BCUT2D eigenvalue weighted by molar-refractivity contribution is 5.84. The Balaban J connectivity index is 2.08. The van der Waals surface area contributed by atoms with Gasteiger partial charge in [0.15, 0.2) is 5.75 Å². The highest BCUT2D eigenvalue weighted by Gasteiger charge is 2.10. The van der Waals surface area contributed by atoms with Crippen LogP contribution in [0.1, 0.15) is 24.2 Å². The molecule has 1 atom stereocenters. The van der Waals surface area contributed by atoms with E-state index in [1.54, 1.807) is 0 Å². The van der Waals surface area contributed by atoms with E-state index in [9.17, 15) is 0 Å². The van der Waals surface area contributed by atoms with Crippen LogP contribution in [0.5, 0.6) is 11.5 Å². The first-order valence-electron chi connectivity index (χ1n) is 7.04. The van der Waals surface area contributed by atoms with Gasteiger partial charge in [-0.2, -0.15) is 0 Å². The van der Waals surface area contributed by atoms with E-state index in [1.165, 1.54) is 0 Å². The van der Waals surface area contributed by atoms with E-state index in [1.807, 2.05) is 62.4 Å². The molecular formula is C18H18N2O. The first-order chi connectivity index (χ1) is 10.1. The van der Waals surface area contributed by atoms with Crippen molar-refractivity contribution in [1.29, 1.82) is 0 Å². The number of pyridine rings is 1. The van der Waals surface area contributed by atoms with Gasteiger partial charge in [-0.05, 0) is 32.0 Å². The largest absolute Gasteiger partial charge is 0.455 e. The number of aromatic nitrogens is 1. The summed E-state index contributed by atoms with van der Waals surface area (Å²) in [5, 5.41) is 1.07. The highest BCUT2D eigenvalue weighted by Crippen LogP contribution is 2.32. The van der Waals surface area contributed by atoms with Gasteiger partial charge in [0.2, 0.25) is 0 Å². The maximum absolute atomic E-state index is 6.10. The molecule has 3 heteroatoms. The standard InChI is InChI=1S/C18H18N2O/c1-12-10-11-14-6-5-9-17(18(14)20-12)21-16-8-4-3-7-15(16)13(2)19/h3-11,13H,19H2,1-2H3/t13-/m1/s1. The number of rotatable bonds is 3. The van der Waals surface area contributed by atoms with Crippen molar-refractivity contribution in [2.75, 3.05) is 0 Å². The Bertz CT molecular complexity index is 781. The van der Waals surface area contributed by atoms with Gasteiger partial charge in [0.05, 0.1) is 0 Å². The Morgan fingerprint density at radius 3 is 2.52 bits per heavy atom. The second-order valence-corrected chi connectivity index (χ2v) is 5.21. The maximum atomic E-state index is 6.10. The van der Waals surface area contributed by atoms with Crippen LogP contribution in [-0.2, 0) is 0 Å². The molecule has 3 nitrogen and oxygen atoms in total. The summed E-state index contributed by atoms with van der Waals surface area (Å²) in [6.07, 6.45) is 0. The number of aryl methyl sites for hydroxylation is 1. The minimum Gasteiger partial charge on any atom is -0.455 e. The van der Waals surface area contributed by atoms with Gasteiger partial charge in [-0.3, -0.25) is 0 Å². The molecule has 1 aromatic heterocycles. The molecule has 0 saturated heterocycles. The highest BCUT2D eigenvalue weighted by atomic mass is 16.5. The average Bonchev–Trinajstić information content (AvgIpc) is 2.48. The fourth-order valence-electron chi connectivity index (χ4n) is 2.37. The molecule has 0 amide bonds. The van der Waals surface area contributed by atoms with Crippen molar-refractivity contribution in [2.24, 2.45) is 5.73 Å². The molecule has 2 N–H and O–H groups in total. The Kier molecular flexibility index (Phi) is 3.59. The molecule has 0 aliphatic rings. The number of fused-ring (bicyclic) bond motifs is 1. The van der Waals surface area contributed by atoms with Crippen LogP contribution >= 0.6 is 0 Å². The van der Waals surface area contributed by atoms with Gasteiger partial charge >= 0.3 is 0 Å². The molecule has 0 bridgehead atoms. The van der Waals surface area contributed by atoms with Crippen molar-refractivity contribution in [3.05, 3.63) is 65.9 Å². The normalized spacial score (nSPS) is 12.3. The third kappa shape index (κ3) is 2.73. The number of ether oxygens (including phenoxy) is 1. The van der Waals surface area contributed by atoms with Crippen molar-refractivity contribution in [3.63, 3.8) is 0 Å². The second kappa shape index (κ2) is 5.54. The zero-order chi connectivity index (χ0) is 14.8. The van der Waals surface area contributed by atoms with E-state index in [4.69, 9.17) is 10.5 Å². The minimum absolute atomic E-state index is 0.0779. The third-order valence-corrected chi connectivity index (χ3v) is 3.45. The number of nitrogens with zero attached hydrogens (tertiary/aromatic N) is 1. The summed E-state index contributed by atoms with van der Waals surface area (Å²) in [5.74, 6) is 1.53. The number of nitrogens with two attached hydrogens (primary N) is 1. The topological polar surface area (TPSA) is 48.1 Å². The monoisotopic (exact) mass is 278 g/mol. The van der Waals surface area contributed by atoms with Crippen LogP contribution < -0.4 is 10.5 Å². The van der Waals surface area contributed by atoms with Crippen LogP contribution in [0.4, 0.5) is 0 Å². The summed E-state index contributed by atoms with van der Waals surface area (Å²) in [4.78, 5) is 4.59. The smallest absolute Gasteiger partial charge is 0.153 e. The van der Waals surface area contributed by atoms with Crippen molar-refractivity contribution < 1.29 is 4.74 Å². The first kappa shape index (κ1) is 13.6. The molecule has 0 aliphatic heterocycles. The molecule has 3 aromatic rings. The SMILES string of the molecule is Cc1ccc2cccc(Oc3ccccc3[C@@H](C)N)c2n1. The van der Waals surface area contributed by atoms with Crippen molar-refractivity contribution in [1.82, 2.24) is 4.98 Å². The number of hydrogen-bond donors (Lipinski definition) is 1. The Morgan fingerprint density at radius 1 is 0.952 bits per heavy atom. The summed E-state index contributed by atoms with van der Waals surface area (Å²) in [5.41, 5.74) is 8.84. The van der Waals surface area contributed by atoms with Gasteiger partial charge in [-0.25, -0.2) is 4.98 Å². The van der Waals surface area contributed by atoms with Crippen molar-refractivity contribution in [2.45, 2.75) is 19.9 Å². The lowest BCUT2D eigenvalue weighted by Crippen LogP contribution is -2.06. The Hall–Kier alpha value is -2.39. The quantitative estimate of drug-likeness (QED) is 0.774. The summed E-state index contributed by atoms with van der Waals surface area (Å²) >= 11 is 0. The predicted molar refractivity (Wildman–Crippen MR) is 85.6 cm³/mol. The summed E-state index contributed by atoms with van der Waals surface area (Å²) in [6.45, 7) is 3.93. The van der Waals surface area contributed by atoms with Crippen molar-refractivity contribution >= 4 is 10.9 Å². The second-order valence-electron chi connectivity index (χ2n) is 5.21. The van der Waals surface area contributed by atoms with Crippen LogP contribution in [0.2, 0.25) is 0 Å². The molecule has 2 aromatic carbocycles. The van der Waals surface area contributed by atoms with E-state index in [2.05, 4.69) is 11.1 Å². The van der Waals surface area contributed by atoms with Gasteiger partial charge < -0.3 is 10.5 Å². The number of hydrogen-bond acceptors (Lipinski definition) is 3. The average molecular weight is 278 g/mol. The van der Waals surface area contributed by atoms with E-state index in [-0.39, 0.29) is 6.04 Å². The van der Waals surface area contributed by atoms with Gasteiger partial charge in [-0.15, -0.1) is 0 Å². The van der Waals surface area contributed by atoms with E-state index < -0.39 is 0 Å². The molecular weight excluding hydrogens is 260 g/mol. The minimum atomic E-state index is -0.0779.